The maximum atomic E-state index is 14.7. The molecule has 4 aliphatic heterocycles. The highest BCUT2D eigenvalue weighted by Gasteiger charge is 2.53. The Balaban J connectivity index is 1.44. The summed E-state index contributed by atoms with van der Waals surface area (Å²) < 4.78 is 58.8. The molecule has 0 unspecified atom stereocenters. The largest absolute Gasteiger partial charge is 0.459 e. The lowest BCUT2D eigenvalue weighted by atomic mass is 9.77. The van der Waals surface area contributed by atoms with Crippen LogP contribution in [-0.4, -0.2) is 196 Å². The number of benzene rings is 1. The van der Waals surface area contributed by atoms with E-state index in [1.165, 1.54) is 21.1 Å². The fourth-order valence-electron chi connectivity index (χ4n) is 11.4. The van der Waals surface area contributed by atoms with Crippen LogP contribution in [-0.2, 0) is 44.6 Å². The van der Waals surface area contributed by atoms with E-state index in [0.29, 0.717) is 25.9 Å². The van der Waals surface area contributed by atoms with Crippen molar-refractivity contribution in [3.8, 4) is 0 Å². The van der Waals surface area contributed by atoms with Crippen molar-refractivity contribution in [2.75, 3.05) is 48.1 Å². The van der Waals surface area contributed by atoms with Gasteiger partial charge in [0.2, 0.25) is 0 Å². The van der Waals surface area contributed by atoms with Crippen molar-refractivity contribution in [3.63, 3.8) is 0 Å². The van der Waals surface area contributed by atoms with Gasteiger partial charge in [-0.05, 0) is 98.9 Å². The number of nitrogens with one attached hydrogen (secondary N) is 2. The average Bonchev–Trinajstić information content (AvgIpc) is 3.81. The molecule has 0 amide bonds. The molecule has 0 bridgehead atoms. The van der Waals surface area contributed by atoms with Crippen LogP contribution in [0.5, 0.6) is 0 Å². The third-order valence-corrected chi connectivity index (χ3v) is 16.1. The first-order valence-corrected chi connectivity index (χ1v) is 25.8. The van der Waals surface area contributed by atoms with Gasteiger partial charge in [-0.3, -0.25) is 9.80 Å². The molecule has 5 rings (SSSR count). The molecule has 414 valence electrons. The van der Waals surface area contributed by atoms with E-state index in [4.69, 9.17) is 33.2 Å². The molecule has 3 fully saturated rings. The number of likely N-dealkylation sites (N-methyl/N-ethyl adjacent to an activating group) is 2. The number of carbonyl (C=O) groups is 1. The van der Waals surface area contributed by atoms with Gasteiger partial charge in [0.15, 0.2) is 12.6 Å². The van der Waals surface area contributed by atoms with Crippen molar-refractivity contribution in [1.29, 1.82) is 0 Å². The minimum atomic E-state index is -1.85. The molecular formula is C52H90FN5O14. The quantitative estimate of drug-likeness (QED) is 0.111. The summed E-state index contributed by atoms with van der Waals surface area (Å²) in [6.45, 7) is 17.5. The number of aliphatic hydroxyl groups is 6. The van der Waals surface area contributed by atoms with Gasteiger partial charge in [0.1, 0.15) is 48.8 Å². The number of halogens is 1. The van der Waals surface area contributed by atoms with Crippen molar-refractivity contribution >= 4 is 5.97 Å². The predicted molar refractivity (Wildman–Crippen MR) is 266 cm³/mol. The Morgan fingerprint density at radius 1 is 0.972 bits per heavy atom. The third-order valence-electron chi connectivity index (χ3n) is 16.1. The molecule has 3 saturated heterocycles. The summed E-state index contributed by atoms with van der Waals surface area (Å²) in [6, 6.07) is 5.41. The number of esters is 1. The number of carbonyl (C=O) groups excluding carboxylic acids is 1. The number of methoxy groups -OCH3 is 2. The van der Waals surface area contributed by atoms with E-state index in [1.807, 2.05) is 49.9 Å². The highest BCUT2D eigenvalue weighted by Crippen LogP contribution is 2.40. The Bertz CT molecular complexity index is 1890. The number of cyclic esters (lactones) is 1. The molecule has 8 N–H and O–H groups in total. The van der Waals surface area contributed by atoms with Crippen molar-refractivity contribution in [2.45, 2.75) is 210 Å². The molecule has 0 saturated carbocycles. The lowest BCUT2D eigenvalue weighted by Gasteiger charge is -2.49. The lowest BCUT2D eigenvalue weighted by Crippen LogP contribution is -2.61. The van der Waals surface area contributed by atoms with Gasteiger partial charge >= 0.3 is 5.97 Å². The molecule has 20 atom stereocenters. The van der Waals surface area contributed by atoms with Gasteiger partial charge in [0.05, 0.1) is 48.1 Å². The van der Waals surface area contributed by atoms with Crippen LogP contribution in [0.1, 0.15) is 119 Å². The Labute approximate surface area is 427 Å². The molecule has 72 heavy (non-hydrogen) atoms. The van der Waals surface area contributed by atoms with Crippen LogP contribution in [0.2, 0.25) is 0 Å². The van der Waals surface area contributed by atoms with Crippen LogP contribution >= 0.6 is 0 Å². The van der Waals surface area contributed by atoms with Gasteiger partial charge < -0.3 is 79.0 Å². The monoisotopic (exact) mass is 1030 g/mol. The molecule has 1 aromatic rings. The molecule has 4 aliphatic rings. The van der Waals surface area contributed by atoms with E-state index >= 15 is 0 Å². The van der Waals surface area contributed by atoms with Crippen molar-refractivity contribution in [3.05, 3.63) is 47.3 Å². The molecular weight excluding hydrogens is 938 g/mol. The summed E-state index contributed by atoms with van der Waals surface area (Å²) in [6.07, 6.45) is -7.71. The first-order valence-electron chi connectivity index (χ1n) is 25.8. The number of hydrazine groups is 2. The second-order valence-electron chi connectivity index (χ2n) is 22.0. The summed E-state index contributed by atoms with van der Waals surface area (Å²) >= 11 is 0. The zero-order chi connectivity index (χ0) is 53.6. The maximum absolute atomic E-state index is 14.7. The van der Waals surface area contributed by atoms with Gasteiger partial charge in [0, 0.05) is 70.0 Å². The minimum Gasteiger partial charge on any atom is -0.459 e. The van der Waals surface area contributed by atoms with Crippen LogP contribution in [0.15, 0.2) is 36.2 Å². The SMILES string of the molecule is CC[C@H]1OC(=O)[C@H](C)[C@@H](O[C@H]2C[C@@](C)(OC)[C@@H](O)[C@H](C)O2)[C@H](C)[C@@H](O[C@@H]2O[C@H](C)C[C@H](N(C)CCC3=CN([C@H](CF)[C@H](OC)c4ccc(CO)cc4)NN3)[C@H]2O)[C@](C)(O)C[C@@H](C)CN(C)[C@H](C)[C@@H](O)[C@]1(C)O. The van der Waals surface area contributed by atoms with Crippen LogP contribution in [0.25, 0.3) is 0 Å². The zero-order valence-corrected chi connectivity index (χ0v) is 45.2. The molecule has 0 aromatic heterocycles. The van der Waals surface area contributed by atoms with Crippen LogP contribution in [0, 0.1) is 17.8 Å². The molecule has 20 heteroatoms. The van der Waals surface area contributed by atoms with E-state index < -0.39 is 127 Å². The number of nitrogens with zero attached hydrogens (tertiary/aromatic N) is 3. The highest BCUT2D eigenvalue weighted by molar-refractivity contribution is 5.73. The van der Waals surface area contributed by atoms with E-state index in [9.17, 15) is 39.8 Å². The van der Waals surface area contributed by atoms with Gasteiger partial charge in [-0.25, -0.2) is 4.39 Å². The van der Waals surface area contributed by atoms with Crippen molar-refractivity contribution < 1.29 is 73.0 Å². The third kappa shape index (κ3) is 13.8. The Morgan fingerprint density at radius 3 is 2.24 bits per heavy atom. The summed E-state index contributed by atoms with van der Waals surface area (Å²) in [7, 11) is 6.75. The number of rotatable bonds is 16. The summed E-state index contributed by atoms with van der Waals surface area (Å²) in [5.41, 5.74) is 3.90. The van der Waals surface area contributed by atoms with E-state index in [1.54, 1.807) is 71.8 Å². The Hall–Kier alpha value is -2.64. The molecule has 0 aliphatic carbocycles. The zero-order valence-electron chi connectivity index (χ0n) is 45.2. The average molecular weight is 1030 g/mol. The fraction of sp³-hybridized carbons (Fsp3) is 0.827. The maximum Gasteiger partial charge on any atom is 0.311 e. The van der Waals surface area contributed by atoms with Crippen molar-refractivity contribution in [2.24, 2.45) is 17.8 Å². The molecule has 1 aromatic carbocycles. The van der Waals surface area contributed by atoms with Gasteiger partial charge in [-0.15, -0.1) is 5.53 Å². The molecule has 0 spiro atoms. The number of hydrogen-bond donors (Lipinski definition) is 8. The standard InChI is InChI=1S/C52H90FN5O14/c1-15-40-52(10,65)45(61)33(6)57(12)26-29(2)23-50(8,64)47(31(4)43(32(5)48(63)70-40)71-41-24-51(9,67-14)46(62)34(7)69-41)72-49-42(60)38(22-30(3)68-49)56(11)21-20-37-27-58(55-54-37)39(25-53)44(66-13)36-18-16-35(28-59)17-19-36/h16-19,27,29-34,38-47,49,54-55,59-62,64-65H,15,20-26,28H2,1-14H3/t29-,30-,31+,32-,33-,34+,38+,39-,40-,41+,42-,43+,44-,45-,46+,47-,49+,50-,51-,52-/m1/s1. The Kier molecular flexibility index (Phi) is 21.3. The van der Waals surface area contributed by atoms with Crippen LogP contribution < -0.4 is 11.0 Å². The minimum absolute atomic E-state index is 0.0861. The van der Waals surface area contributed by atoms with Crippen LogP contribution in [0.3, 0.4) is 0 Å². The van der Waals surface area contributed by atoms with Gasteiger partial charge in [-0.2, -0.15) is 0 Å². The molecule has 4 heterocycles. The summed E-state index contributed by atoms with van der Waals surface area (Å²) in [5.74, 6) is -2.86. The lowest BCUT2D eigenvalue weighted by molar-refractivity contribution is -0.318. The van der Waals surface area contributed by atoms with E-state index in [2.05, 4.69) is 11.0 Å². The number of aliphatic hydroxyl groups excluding tert-OH is 4. The number of alkyl halides is 1. The van der Waals surface area contributed by atoms with Crippen LogP contribution in [0.4, 0.5) is 4.39 Å². The summed E-state index contributed by atoms with van der Waals surface area (Å²) in [4.78, 5) is 18.4. The van der Waals surface area contributed by atoms with E-state index in [-0.39, 0.29) is 31.8 Å². The van der Waals surface area contributed by atoms with Gasteiger partial charge in [0.25, 0.3) is 0 Å². The first kappa shape index (κ1) is 60.2. The summed E-state index contributed by atoms with van der Waals surface area (Å²) in [5, 5.41) is 70.9. The highest BCUT2D eigenvalue weighted by atomic mass is 19.1. The second-order valence-corrected chi connectivity index (χ2v) is 22.0. The normalized spacial score (nSPS) is 41.0. The fourth-order valence-corrected chi connectivity index (χ4v) is 11.4. The van der Waals surface area contributed by atoms with E-state index in [0.717, 1.165) is 16.8 Å². The first-order chi connectivity index (χ1) is 33.8. The smallest absolute Gasteiger partial charge is 0.311 e. The number of hydrogen-bond acceptors (Lipinski definition) is 19. The van der Waals surface area contributed by atoms with Crippen molar-refractivity contribution in [1.82, 2.24) is 25.8 Å². The van der Waals surface area contributed by atoms with Gasteiger partial charge in [-0.1, -0.05) is 45.0 Å². The Morgan fingerprint density at radius 2 is 1.64 bits per heavy atom. The predicted octanol–water partition coefficient (Wildman–Crippen LogP) is 3.05. The molecule has 0 radical (unpaired) electrons. The number of ether oxygens (including phenoxy) is 7. The topological polar surface area (TPSA) is 237 Å². The second kappa shape index (κ2) is 25.5. The molecule has 19 nitrogen and oxygen atoms in total.